The summed E-state index contributed by atoms with van der Waals surface area (Å²) in [6.45, 7) is 1.20. The van der Waals surface area contributed by atoms with Crippen molar-refractivity contribution in [3.63, 3.8) is 0 Å². The number of carbonyl (C=O) groups is 2. The summed E-state index contributed by atoms with van der Waals surface area (Å²) in [6.07, 6.45) is -4.98. The molecule has 0 aliphatic rings. The molecular weight excluding hydrogens is 585 g/mol. The zero-order valence-corrected chi connectivity index (χ0v) is 22.5. The molecule has 2 N–H and O–H groups in total. The van der Waals surface area contributed by atoms with Crippen LogP contribution in [-0.4, -0.2) is 41.1 Å². The van der Waals surface area contributed by atoms with Crippen molar-refractivity contribution in [1.29, 1.82) is 0 Å². The number of ether oxygens (including phenoxy) is 1. The molecule has 0 unspecified atom stereocenters. The van der Waals surface area contributed by atoms with Crippen LogP contribution in [0.1, 0.15) is 22.8 Å². The summed E-state index contributed by atoms with van der Waals surface area (Å²) in [5.41, 5.74) is -1.21. The second-order valence-corrected chi connectivity index (χ2v) is 12.3. The van der Waals surface area contributed by atoms with E-state index in [4.69, 9.17) is 16.3 Å². The predicted octanol–water partition coefficient (Wildman–Crippen LogP) is 4.75. The molecule has 0 fully saturated rings. The average Bonchev–Trinajstić information content (AvgIpc) is 2.83. The van der Waals surface area contributed by atoms with Crippen molar-refractivity contribution in [2.45, 2.75) is 29.0 Å². The number of halogens is 4. The van der Waals surface area contributed by atoms with Gasteiger partial charge < -0.3 is 10.1 Å². The second kappa shape index (κ2) is 11.2. The number of hydrogen-bond donors (Lipinski definition) is 2. The summed E-state index contributed by atoms with van der Waals surface area (Å²) in [5, 5.41) is 2.13. The fraction of sp³-hybridized carbons (Fsp3) is 0.167. The van der Waals surface area contributed by atoms with Crippen LogP contribution in [0.3, 0.4) is 0 Å². The molecule has 1 amide bonds. The number of esters is 1. The van der Waals surface area contributed by atoms with Gasteiger partial charge in [0, 0.05) is 17.6 Å². The van der Waals surface area contributed by atoms with Gasteiger partial charge >= 0.3 is 12.1 Å². The van der Waals surface area contributed by atoms with Crippen molar-refractivity contribution in [3.8, 4) is 0 Å². The summed E-state index contributed by atoms with van der Waals surface area (Å²) in [6, 6.07) is 11.7. The Bertz CT molecular complexity index is 1610. The van der Waals surface area contributed by atoms with E-state index in [0.717, 1.165) is 48.7 Å². The molecule has 0 spiro atoms. The van der Waals surface area contributed by atoms with E-state index in [-0.39, 0.29) is 31.8 Å². The van der Waals surface area contributed by atoms with Crippen LogP contribution >= 0.6 is 11.6 Å². The molecule has 0 aliphatic heterocycles. The van der Waals surface area contributed by atoms with E-state index in [2.05, 4.69) is 10.0 Å². The fourth-order valence-corrected chi connectivity index (χ4v) is 4.99. The first-order valence-electron chi connectivity index (χ1n) is 10.8. The van der Waals surface area contributed by atoms with E-state index in [1.54, 1.807) is 0 Å². The van der Waals surface area contributed by atoms with Crippen LogP contribution in [-0.2, 0) is 35.6 Å². The monoisotopic (exact) mass is 604 g/mol. The van der Waals surface area contributed by atoms with Crippen LogP contribution < -0.4 is 10.0 Å². The summed E-state index contributed by atoms with van der Waals surface area (Å²) in [7, 11) is -7.75. The Balaban J connectivity index is 1.72. The van der Waals surface area contributed by atoms with Crippen molar-refractivity contribution in [3.05, 3.63) is 82.9 Å². The minimum atomic E-state index is -4.55. The molecule has 0 heterocycles. The molecule has 15 heteroatoms. The molecule has 3 aromatic rings. The number of carbonyl (C=O) groups excluding carboxylic acids is 2. The maximum Gasteiger partial charge on any atom is 0.416 e. The van der Waals surface area contributed by atoms with Gasteiger partial charge in [-0.25, -0.2) is 21.6 Å². The summed E-state index contributed by atoms with van der Waals surface area (Å²) in [5.74, 6) is -1.99. The molecule has 0 aromatic heterocycles. The number of hydrogen-bond acceptors (Lipinski definition) is 7. The number of nitrogens with one attached hydrogen (secondary N) is 2. The zero-order chi connectivity index (χ0) is 29.2. The van der Waals surface area contributed by atoms with Gasteiger partial charge in [0.05, 0.1) is 25.9 Å². The Labute approximate surface area is 226 Å². The summed E-state index contributed by atoms with van der Waals surface area (Å²) >= 11 is 6.04. The lowest BCUT2D eigenvalue weighted by molar-refractivity contribution is -0.137. The van der Waals surface area contributed by atoms with Crippen LogP contribution in [0.5, 0.6) is 0 Å². The SMILES string of the molecule is C[C@H](OC(=O)c1cc(S(=O)(=O)Nc2ccc(S(C)(=O)=O)cc2)ccc1Cl)C(=O)Nc1ccc(C(F)(F)F)cc1. The van der Waals surface area contributed by atoms with Crippen molar-refractivity contribution in [2.75, 3.05) is 16.3 Å². The lowest BCUT2D eigenvalue weighted by atomic mass is 10.2. The van der Waals surface area contributed by atoms with E-state index < -0.39 is 49.6 Å². The Morgan fingerprint density at radius 2 is 1.41 bits per heavy atom. The third-order valence-electron chi connectivity index (χ3n) is 5.14. The van der Waals surface area contributed by atoms with Gasteiger partial charge in [0.25, 0.3) is 15.9 Å². The van der Waals surface area contributed by atoms with Crippen LogP contribution in [0.15, 0.2) is 76.5 Å². The summed E-state index contributed by atoms with van der Waals surface area (Å²) < 4.78 is 94.2. The van der Waals surface area contributed by atoms with Crippen LogP contribution in [0.2, 0.25) is 5.02 Å². The lowest BCUT2D eigenvalue weighted by Crippen LogP contribution is -2.30. The molecule has 39 heavy (non-hydrogen) atoms. The highest BCUT2D eigenvalue weighted by atomic mass is 35.5. The first kappa shape index (κ1) is 29.9. The van der Waals surface area contributed by atoms with Crippen molar-refractivity contribution in [2.24, 2.45) is 0 Å². The van der Waals surface area contributed by atoms with Gasteiger partial charge in [0.2, 0.25) is 0 Å². The number of sulfone groups is 1. The van der Waals surface area contributed by atoms with Gasteiger partial charge in [-0.1, -0.05) is 11.6 Å². The highest BCUT2D eigenvalue weighted by Gasteiger charge is 2.30. The van der Waals surface area contributed by atoms with E-state index in [0.29, 0.717) is 0 Å². The number of benzene rings is 3. The maximum atomic E-state index is 12.8. The zero-order valence-electron chi connectivity index (χ0n) is 20.1. The topological polar surface area (TPSA) is 136 Å². The number of rotatable bonds is 8. The first-order chi connectivity index (χ1) is 18.0. The molecule has 0 saturated heterocycles. The largest absolute Gasteiger partial charge is 0.449 e. The Morgan fingerprint density at radius 1 is 0.872 bits per heavy atom. The molecule has 1 atom stereocenters. The number of anilines is 2. The average molecular weight is 605 g/mol. The maximum absolute atomic E-state index is 12.8. The first-order valence-corrected chi connectivity index (χ1v) is 14.5. The Kier molecular flexibility index (Phi) is 8.63. The molecule has 9 nitrogen and oxygen atoms in total. The molecule has 0 bridgehead atoms. The Morgan fingerprint density at radius 3 is 1.95 bits per heavy atom. The second-order valence-electron chi connectivity index (χ2n) is 8.16. The molecule has 0 saturated carbocycles. The minimum Gasteiger partial charge on any atom is -0.449 e. The normalized spacial score (nSPS) is 12.9. The molecule has 208 valence electrons. The van der Waals surface area contributed by atoms with Crippen LogP contribution in [0, 0.1) is 0 Å². The minimum absolute atomic E-state index is 0.0153. The van der Waals surface area contributed by atoms with Gasteiger partial charge in [-0.2, -0.15) is 13.2 Å². The van der Waals surface area contributed by atoms with Gasteiger partial charge in [0.1, 0.15) is 0 Å². The number of sulfonamides is 1. The van der Waals surface area contributed by atoms with Gasteiger partial charge in [-0.15, -0.1) is 0 Å². The van der Waals surface area contributed by atoms with E-state index in [9.17, 15) is 39.6 Å². The molecule has 3 aromatic carbocycles. The molecule has 0 aliphatic carbocycles. The molecule has 3 rings (SSSR count). The fourth-order valence-electron chi connectivity index (χ4n) is 3.08. The van der Waals surface area contributed by atoms with Crippen molar-refractivity contribution < 1.29 is 44.3 Å². The number of alkyl halides is 3. The van der Waals surface area contributed by atoms with Crippen molar-refractivity contribution >= 4 is 54.7 Å². The van der Waals surface area contributed by atoms with Gasteiger partial charge in [-0.05, 0) is 73.7 Å². The quantitative estimate of drug-likeness (QED) is 0.354. The van der Waals surface area contributed by atoms with Crippen LogP contribution in [0.25, 0.3) is 0 Å². The van der Waals surface area contributed by atoms with E-state index in [1.165, 1.54) is 31.2 Å². The number of amides is 1. The highest BCUT2D eigenvalue weighted by molar-refractivity contribution is 7.92. The van der Waals surface area contributed by atoms with Gasteiger partial charge in [-0.3, -0.25) is 9.52 Å². The van der Waals surface area contributed by atoms with E-state index in [1.807, 2.05) is 0 Å². The molecule has 0 radical (unpaired) electrons. The Hall–Kier alpha value is -3.62. The van der Waals surface area contributed by atoms with Crippen molar-refractivity contribution in [1.82, 2.24) is 0 Å². The predicted molar refractivity (Wildman–Crippen MR) is 137 cm³/mol. The van der Waals surface area contributed by atoms with Crippen LogP contribution in [0.4, 0.5) is 24.5 Å². The lowest BCUT2D eigenvalue weighted by Gasteiger charge is -2.15. The standard InChI is InChI=1S/C24H20ClF3N2O7S2/c1-14(22(31)29-16-5-3-15(4-6-16)24(26,27)28)37-23(32)20-13-19(11-12-21(20)25)39(35,36)30-17-7-9-18(10-8-17)38(2,33)34/h3-14,30H,1-2H3,(H,29,31)/t14-/m0/s1. The third-order valence-corrected chi connectivity index (χ3v) is 7.97. The third kappa shape index (κ3) is 7.71. The highest BCUT2D eigenvalue weighted by Crippen LogP contribution is 2.30. The smallest absolute Gasteiger partial charge is 0.416 e. The van der Waals surface area contributed by atoms with E-state index >= 15 is 0 Å². The molecular formula is C24H20ClF3N2O7S2. The summed E-state index contributed by atoms with van der Waals surface area (Å²) in [4.78, 5) is 24.7. The van der Waals surface area contributed by atoms with Gasteiger partial charge in [0.15, 0.2) is 15.9 Å².